The first-order valence-corrected chi connectivity index (χ1v) is 8.28. The molecule has 0 aliphatic heterocycles. The van der Waals surface area contributed by atoms with Crippen molar-refractivity contribution in [3.63, 3.8) is 0 Å². The molecule has 3 rings (SSSR count). The van der Waals surface area contributed by atoms with Crippen LogP contribution in [-0.2, 0) is 6.54 Å². The highest BCUT2D eigenvalue weighted by Crippen LogP contribution is 2.34. The minimum atomic E-state index is -0.365. The average molecular weight is 345 g/mol. The number of thiazole rings is 1. The molecule has 0 unspecified atom stereocenters. The first-order valence-electron chi connectivity index (χ1n) is 7.33. The van der Waals surface area contributed by atoms with Crippen molar-refractivity contribution in [2.75, 3.05) is 17.7 Å². The summed E-state index contributed by atoms with van der Waals surface area (Å²) in [5.74, 6) is 0.765. The van der Waals surface area contributed by atoms with Gasteiger partial charge in [-0.25, -0.2) is 14.4 Å². The first kappa shape index (κ1) is 16.1. The molecule has 0 atom stereocenters. The monoisotopic (exact) mass is 345 g/mol. The maximum atomic E-state index is 13.5. The Bertz CT molecular complexity index is 825. The maximum Gasteiger partial charge on any atom is 0.221 e. The predicted molar refractivity (Wildman–Crippen MR) is 92.4 cm³/mol. The van der Waals surface area contributed by atoms with Crippen molar-refractivity contribution < 1.29 is 9.13 Å². The molecule has 0 amide bonds. The molecule has 2 heterocycles. The molecule has 124 valence electrons. The van der Waals surface area contributed by atoms with E-state index in [2.05, 4.69) is 20.3 Å². The molecule has 8 heteroatoms. The summed E-state index contributed by atoms with van der Waals surface area (Å²) in [5, 5.41) is 5.15. The number of rotatable bonds is 6. The van der Waals surface area contributed by atoms with Crippen LogP contribution in [0.5, 0.6) is 5.75 Å². The van der Waals surface area contributed by atoms with E-state index in [1.807, 2.05) is 12.3 Å². The van der Waals surface area contributed by atoms with E-state index in [0.717, 1.165) is 5.69 Å². The Balaban J connectivity index is 1.98. The van der Waals surface area contributed by atoms with Gasteiger partial charge in [-0.05, 0) is 19.1 Å². The van der Waals surface area contributed by atoms with Crippen LogP contribution < -0.4 is 15.8 Å². The molecule has 24 heavy (non-hydrogen) atoms. The minimum Gasteiger partial charge on any atom is -0.493 e. The number of nitrogens with zero attached hydrogens (tertiary/aromatic N) is 3. The topological polar surface area (TPSA) is 86.0 Å². The molecule has 0 aliphatic rings. The van der Waals surface area contributed by atoms with Gasteiger partial charge in [0, 0.05) is 28.8 Å². The van der Waals surface area contributed by atoms with Gasteiger partial charge in [-0.3, -0.25) is 0 Å². The highest BCUT2D eigenvalue weighted by molar-refractivity contribution is 7.07. The summed E-state index contributed by atoms with van der Waals surface area (Å²) in [4.78, 5) is 12.5. The third-order valence-corrected chi connectivity index (χ3v) is 3.90. The van der Waals surface area contributed by atoms with E-state index >= 15 is 0 Å². The lowest BCUT2D eigenvalue weighted by Gasteiger charge is -2.14. The van der Waals surface area contributed by atoms with Gasteiger partial charge in [0.2, 0.25) is 5.95 Å². The summed E-state index contributed by atoms with van der Waals surface area (Å²) < 4.78 is 19.1. The maximum absolute atomic E-state index is 13.5. The van der Waals surface area contributed by atoms with E-state index in [-0.39, 0.29) is 11.8 Å². The molecule has 0 radical (unpaired) electrons. The van der Waals surface area contributed by atoms with Crippen molar-refractivity contribution in [3.8, 4) is 16.9 Å². The van der Waals surface area contributed by atoms with Crippen molar-refractivity contribution in [2.24, 2.45) is 0 Å². The lowest BCUT2D eigenvalue weighted by Crippen LogP contribution is -2.07. The second-order valence-electron chi connectivity index (χ2n) is 4.90. The lowest BCUT2D eigenvalue weighted by molar-refractivity contribution is 0.339. The van der Waals surface area contributed by atoms with Gasteiger partial charge in [-0.15, -0.1) is 11.3 Å². The Kier molecular flexibility index (Phi) is 4.85. The van der Waals surface area contributed by atoms with E-state index in [1.165, 1.54) is 23.5 Å². The van der Waals surface area contributed by atoms with Gasteiger partial charge in [0.1, 0.15) is 17.4 Å². The fourth-order valence-corrected chi connectivity index (χ4v) is 2.78. The quantitative estimate of drug-likeness (QED) is 0.713. The zero-order valence-corrected chi connectivity index (χ0v) is 13.8. The van der Waals surface area contributed by atoms with Gasteiger partial charge < -0.3 is 15.8 Å². The predicted octanol–water partition coefficient (Wildman–Crippen LogP) is 3.33. The second kappa shape index (κ2) is 7.22. The highest BCUT2D eigenvalue weighted by atomic mass is 32.1. The molecule has 0 saturated carbocycles. The van der Waals surface area contributed by atoms with E-state index in [4.69, 9.17) is 10.5 Å². The summed E-state index contributed by atoms with van der Waals surface area (Å²) in [5.41, 5.74) is 9.74. The number of hydrogen-bond donors (Lipinski definition) is 2. The highest BCUT2D eigenvalue weighted by Gasteiger charge is 2.14. The summed E-state index contributed by atoms with van der Waals surface area (Å²) >= 11 is 1.52. The number of anilines is 2. The summed E-state index contributed by atoms with van der Waals surface area (Å²) in [7, 11) is 0. The zero-order chi connectivity index (χ0) is 16.9. The molecule has 1 aromatic carbocycles. The summed E-state index contributed by atoms with van der Waals surface area (Å²) in [6.07, 6.45) is 1.60. The van der Waals surface area contributed by atoms with Crippen molar-refractivity contribution in [2.45, 2.75) is 13.5 Å². The number of nitrogens with one attached hydrogen (secondary N) is 1. The molecule has 0 fully saturated rings. The van der Waals surface area contributed by atoms with Gasteiger partial charge in [-0.2, -0.15) is 4.98 Å². The molecule has 6 nitrogen and oxygen atoms in total. The van der Waals surface area contributed by atoms with Crippen LogP contribution in [0.2, 0.25) is 0 Å². The molecule has 3 aromatic rings. The lowest BCUT2D eigenvalue weighted by atomic mass is 10.1. The molecule has 0 aliphatic carbocycles. The number of benzene rings is 1. The Labute approximate surface area is 142 Å². The van der Waals surface area contributed by atoms with Crippen LogP contribution >= 0.6 is 11.3 Å². The third-order valence-electron chi connectivity index (χ3n) is 3.26. The van der Waals surface area contributed by atoms with Crippen molar-refractivity contribution in [1.82, 2.24) is 15.0 Å². The molecule has 3 N–H and O–H groups in total. The fraction of sp³-hybridized carbons (Fsp3) is 0.188. The molecule has 0 bridgehead atoms. The zero-order valence-electron chi connectivity index (χ0n) is 13.0. The normalized spacial score (nSPS) is 10.6. The Morgan fingerprint density at radius 2 is 2.17 bits per heavy atom. The largest absolute Gasteiger partial charge is 0.493 e. The summed E-state index contributed by atoms with van der Waals surface area (Å²) in [6.45, 7) is 2.77. The van der Waals surface area contributed by atoms with Gasteiger partial charge in [-0.1, -0.05) is 0 Å². The Hall–Kier alpha value is -2.74. The van der Waals surface area contributed by atoms with E-state index in [0.29, 0.717) is 35.8 Å². The first-order chi connectivity index (χ1) is 11.7. The number of nitrogens with two attached hydrogens (primary N) is 1. The molecule has 0 saturated heterocycles. The van der Waals surface area contributed by atoms with Crippen LogP contribution in [-0.4, -0.2) is 21.6 Å². The average Bonchev–Trinajstić information content (AvgIpc) is 3.08. The van der Waals surface area contributed by atoms with E-state index < -0.39 is 0 Å². The third kappa shape index (κ3) is 3.60. The Morgan fingerprint density at radius 1 is 1.29 bits per heavy atom. The van der Waals surface area contributed by atoms with Crippen LogP contribution in [0.4, 0.5) is 16.2 Å². The van der Waals surface area contributed by atoms with E-state index in [1.54, 1.807) is 17.8 Å². The molecular formula is C16H16FN5OS. The molecule has 0 spiro atoms. The van der Waals surface area contributed by atoms with Crippen molar-refractivity contribution in [1.29, 1.82) is 0 Å². The van der Waals surface area contributed by atoms with Gasteiger partial charge >= 0.3 is 0 Å². The molecular weight excluding hydrogens is 329 g/mol. The van der Waals surface area contributed by atoms with Gasteiger partial charge in [0.25, 0.3) is 0 Å². The van der Waals surface area contributed by atoms with Crippen molar-refractivity contribution >= 4 is 23.1 Å². The fourth-order valence-electron chi connectivity index (χ4n) is 2.22. The standard InChI is InChI=1S/C16H16FN5OS/c1-2-23-14-5-10(17)3-4-12(14)13-7-20-16(18)22-15(13)19-6-11-8-24-9-21-11/h3-5,7-9H,2,6H2,1H3,(H3,18,19,20,22). The number of ether oxygens (including phenoxy) is 1. The van der Waals surface area contributed by atoms with E-state index in [9.17, 15) is 4.39 Å². The number of hydrogen-bond acceptors (Lipinski definition) is 7. The molecule has 2 aromatic heterocycles. The van der Waals surface area contributed by atoms with Crippen LogP contribution in [0.25, 0.3) is 11.1 Å². The van der Waals surface area contributed by atoms with Crippen molar-refractivity contribution in [3.05, 3.63) is 46.8 Å². The SMILES string of the molecule is CCOc1cc(F)ccc1-c1cnc(N)nc1NCc1cscn1. The second-order valence-corrected chi connectivity index (χ2v) is 5.62. The number of aromatic nitrogens is 3. The van der Waals surface area contributed by atoms with Crippen LogP contribution in [0, 0.1) is 5.82 Å². The van der Waals surface area contributed by atoms with Gasteiger partial charge in [0.05, 0.1) is 24.4 Å². The Morgan fingerprint density at radius 3 is 2.92 bits per heavy atom. The number of halogens is 1. The summed E-state index contributed by atoms with van der Waals surface area (Å²) in [6, 6.07) is 4.36. The van der Waals surface area contributed by atoms with Crippen LogP contribution in [0.3, 0.4) is 0 Å². The smallest absolute Gasteiger partial charge is 0.221 e. The number of nitrogen functional groups attached to an aromatic ring is 1. The minimum absolute atomic E-state index is 0.152. The van der Waals surface area contributed by atoms with Gasteiger partial charge in [0.15, 0.2) is 0 Å². The van der Waals surface area contributed by atoms with Crippen LogP contribution in [0.1, 0.15) is 12.6 Å². The van der Waals surface area contributed by atoms with Crippen LogP contribution in [0.15, 0.2) is 35.3 Å².